The molecule has 0 saturated heterocycles. The maximum absolute atomic E-state index is 6.00. The molecule has 0 amide bonds. The van der Waals surface area contributed by atoms with Crippen LogP contribution in [0.3, 0.4) is 0 Å². The van der Waals surface area contributed by atoms with Gasteiger partial charge < -0.3 is 9.47 Å². The Labute approximate surface area is 133 Å². The van der Waals surface area contributed by atoms with E-state index in [-0.39, 0.29) is 0 Å². The third-order valence-electron chi connectivity index (χ3n) is 3.83. The molecular formula is C20H24O2. The molecule has 0 heterocycles. The summed E-state index contributed by atoms with van der Waals surface area (Å²) in [7, 11) is 0. The van der Waals surface area contributed by atoms with E-state index in [0.717, 1.165) is 41.2 Å². The Morgan fingerprint density at radius 1 is 0.955 bits per heavy atom. The summed E-state index contributed by atoms with van der Waals surface area (Å²) in [6.07, 6.45) is 3.75. The van der Waals surface area contributed by atoms with E-state index in [0.29, 0.717) is 6.61 Å². The maximum Gasteiger partial charge on any atom is 0.130 e. The molecule has 0 spiro atoms. The van der Waals surface area contributed by atoms with Crippen LogP contribution in [0.15, 0.2) is 49.1 Å². The summed E-state index contributed by atoms with van der Waals surface area (Å²) < 4.78 is 11.8. The van der Waals surface area contributed by atoms with Gasteiger partial charge in [-0.25, -0.2) is 0 Å². The van der Waals surface area contributed by atoms with Crippen molar-refractivity contribution in [3.8, 4) is 17.2 Å². The molecule has 0 atom stereocenters. The lowest BCUT2D eigenvalue weighted by Gasteiger charge is -2.15. The first-order valence-corrected chi connectivity index (χ1v) is 7.76. The van der Waals surface area contributed by atoms with Crippen LogP contribution in [0.1, 0.15) is 30.0 Å². The third-order valence-corrected chi connectivity index (χ3v) is 3.83. The highest BCUT2D eigenvalue weighted by atomic mass is 16.5. The van der Waals surface area contributed by atoms with Crippen molar-refractivity contribution in [2.24, 2.45) is 0 Å². The van der Waals surface area contributed by atoms with Gasteiger partial charge in [0.15, 0.2) is 0 Å². The van der Waals surface area contributed by atoms with E-state index < -0.39 is 0 Å². The monoisotopic (exact) mass is 296 g/mol. The third kappa shape index (κ3) is 3.91. The number of hydrogen-bond acceptors (Lipinski definition) is 2. The number of hydrogen-bond donors (Lipinski definition) is 0. The second-order valence-corrected chi connectivity index (χ2v) is 5.34. The SMILES string of the molecule is C=CCCOc1ccc(Oc2ccc(CC)cc2)c(C)c1C. The van der Waals surface area contributed by atoms with Gasteiger partial charge >= 0.3 is 0 Å². The number of benzene rings is 2. The highest BCUT2D eigenvalue weighted by molar-refractivity contribution is 5.48. The van der Waals surface area contributed by atoms with Crippen molar-refractivity contribution in [1.82, 2.24) is 0 Å². The van der Waals surface area contributed by atoms with Crippen LogP contribution in [0.25, 0.3) is 0 Å². The normalized spacial score (nSPS) is 10.3. The minimum absolute atomic E-state index is 0.655. The largest absolute Gasteiger partial charge is 0.493 e. The number of ether oxygens (including phenoxy) is 2. The number of rotatable bonds is 7. The quantitative estimate of drug-likeness (QED) is 0.488. The lowest BCUT2D eigenvalue weighted by Crippen LogP contribution is -1.99. The van der Waals surface area contributed by atoms with E-state index in [4.69, 9.17) is 9.47 Å². The van der Waals surface area contributed by atoms with E-state index in [1.54, 1.807) is 0 Å². The van der Waals surface area contributed by atoms with Crippen molar-refractivity contribution < 1.29 is 9.47 Å². The summed E-state index contributed by atoms with van der Waals surface area (Å²) in [6.45, 7) is 10.6. The molecule has 116 valence electrons. The Bertz CT molecular complexity index is 627. The fraction of sp³-hybridized carbons (Fsp3) is 0.300. The van der Waals surface area contributed by atoms with Crippen LogP contribution in [0.5, 0.6) is 17.2 Å². The Kier molecular flexibility index (Phi) is 5.65. The first kappa shape index (κ1) is 16.2. The Morgan fingerprint density at radius 3 is 2.23 bits per heavy atom. The molecular weight excluding hydrogens is 272 g/mol. The van der Waals surface area contributed by atoms with Crippen molar-refractivity contribution in [1.29, 1.82) is 0 Å². The van der Waals surface area contributed by atoms with Gasteiger partial charge in [-0.05, 0) is 67.6 Å². The minimum Gasteiger partial charge on any atom is -0.493 e. The van der Waals surface area contributed by atoms with Gasteiger partial charge in [0.05, 0.1) is 6.61 Å². The minimum atomic E-state index is 0.655. The average Bonchev–Trinajstić information content (AvgIpc) is 2.55. The molecule has 0 aliphatic rings. The van der Waals surface area contributed by atoms with E-state index in [1.807, 2.05) is 30.3 Å². The fourth-order valence-corrected chi connectivity index (χ4v) is 2.21. The maximum atomic E-state index is 6.00. The van der Waals surface area contributed by atoms with Crippen LogP contribution in [0.2, 0.25) is 0 Å². The summed E-state index contributed by atoms with van der Waals surface area (Å²) in [6, 6.07) is 12.2. The van der Waals surface area contributed by atoms with Crippen molar-refractivity contribution in [2.75, 3.05) is 6.61 Å². The molecule has 2 aromatic rings. The average molecular weight is 296 g/mol. The van der Waals surface area contributed by atoms with Gasteiger partial charge in [0.1, 0.15) is 17.2 Å². The Balaban J connectivity index is 2.14. The van der Waals surface area contributed by atoms with Crippen LogP contribution in [-0.4, -0.2) is 6.61 Å². The molecule has 0 saturated carbocycles. The lowest BCUT2D eigenvalue weighted by atomic mass is 10.1. The van der Waals surface area contributed by atoms with E-state index in [1.165, 1.54) is 5.56 Å². The van der Waals surface area contributed by atoms with Gasteiger partial charge in [-0.2, -0.15) is 0 Å². The molecule has 22 heavy (non-hydrogen) atoms. The summed E-state index contributed by atoms with van der Waals surface area (Å²) in [5, 5.41) is 0. The topological polar surface area (TPSA) is 18.5 Å². The molecule has 0 radical (unpaired) electrons. The van der Waals surface area contributed by atoms with Gasteiger partial charge in [-0.3, -0.25) is 0 Å². The number of aryl methyl sites for hydroxylation is 1. The van der Waals surface area contributed by atoms with E-state index in [2.05, 4.69) is 39.5 Å². The van der Waals surface area contributed by atoms with Crippen molar-refractivity contribution in [3.05, 3.63) is 65.7 Å². The molecule has 0 unspecified atom stereocenters. The van der Waals surface area contributed by atoms with Crippen LogP contribution < -0.4 is 9.47 Å². The first-order valence-electron chi connectivity index (χ1n) is 7.76. The molecule has 0 aliphatic heterocycles. The van der Waals surface area contributed by atoms with Gasteiger partial charge in [0.25, 0.3) is 0 Å². The van der Waals surface area contributed by atoms with E-state index in [9.17, 15) is 0 Å². The molecule has 0 bridgehead atoms. The Hall–Kier alpha value is -2.22. The van der Waals surface area contributed by atoms with Gasteiger partial charge in [0.2, 0.25) is 0 Å². The molecule has 2 nitrogen and oxygen atoms in total. The lowest BCUT2D eigenvalue weighted by molar-refractivity contribution is 0.322. The molecule has 2 aromatic carbocycles. The van der Waals surface area contributed by atoms with Gasteiger partial charge in [0, 0.05) is 0 Å². The summed E-state index contributed by atoms with van der Waals surface area (Å²) in [5.74, 6) is 2.64. The van der Waals surface area contributed by atoms with E-state index >= 15 is 0 Å². The predicted octanol–water partition coefficient (Wildman–Crippen LogP) is 5.61. The van der Waals surface area contributed by atoms with Crippen molar-refractivity contribution >= 4 is 0 Å². The molecule has 2 rings (SSSR count). The van der Waals surface area contributed by atoms with Crippen LogP contribution in [0, 0.1) is 13.8 Å². The van der Waals surface area contributed by atoms with Gasteiger partial charge in [-0.15, -0.1) is 6.58 Å². The zero-order chi connectivity index (χ0) is 15.9. The summed E-state index contributed by atoms with van der Waals surface area (Å²) in [5.41, 5.74) is 3.54. The summed E-state index contributed by atoms with van der Waals surface area (Å²) in [4.78, 5) is 0. The van der Waals surface area contributed by atoms with Crippen LogP contribution >= 0.6 is 0 Å². The van der Waals surface area contributed by atoms with Crippen molar-refractivity contribution in [2.45, 2.75) is 33.6 Å². The van der Waals surface area contributed by atoms with Crippen LogP contribution in [0.4, 0.5) is 0 Å². The van der Waals surface area contributed by atoms with Gasteiger partial charge in [-0.1, -0.05) is 25.1 Å². The summed E-state index contributed by atoms with van der Waals surface area (Å²) >= 11 is 0. The fourth-order valence-electron chi connectivity index (χ4n) is 2.21. The first-order chi connectivity index (χ1) is 10.7. The molecule has 2 heteroatoms. The molecule has 0 fully saturated rings. The highest BCUT2D eigenvalue weighted by Crippen LogP contribution is 2.32. The second-order valence-electron chi connectivity index (χ2n) is 5.34. The molecule has 0 aromatic heterocycles. The second kappa shape index (κ2) is 7.69. The standard InChI is InChI=1S/C20H24O2/c1-5-7-14-21-19-12-13-20(16(4)15(19)3)22-18-10-8-17(6-2)9-11-18/h5,8-13H,1,6-7,14H2,2-4H3. The van der Waals surface area contributed by atoms with Crippen LogP contribution in [-0.2, 0) is 6.42 Å². The smallest absolute Gasteiger partial charge is 0.130 e. The molecule has 0 aliphatic carbocycles. The predicted molar refractivity (Wildman–Crippen MR) is 92.1 cm³/mol. The molecule has 0 N–H and O–H groups in total. The zero-order valence-corrected chi connectivity index (χ0v) is 13.7. The zero-order valence-electron chi connectivity index (χ0n) is 13.7. The highest BCUT2D eigenvalue weighted by Gasteiger charge is 2.09. The Morgan fingerprint density at radius 2 is 1.59 bits per heavy atom. The van der Waals surface area contributed by atoms with Crippen molar-refractivity contribution in [3.63, 3.8) is 0 Å².